The van der Waals surface area contributed by atoms with E-state index in [1.54, 1.807) is 0 Å². The van der Waals surface area contributed by atoms with E-state index >= 15 is 0 Å². The summed E-state index contributed by atoms with van der Waals surface area (Å²) in [6.07, 6.45) is -1.26. The Balaban J connectivity index is 2.66. The average Bonchev–Trinajstić information content (AvgIpc) is 2.30. The first kappa shape index (κ1) is 10.4. The van der Waals surface area contributed by atoms with Crippen LogP contribution in [-0.2, 0) is 4.74 Å². The quantitative estimate of drug-likeness (QED) is 0.677. The van der Waals surface area contributed by atoms with E-state index in [9.17, 15) is 8.78 Å². The van der Waals surface area contributed by atoms with Crippen LogP contribution in [0.3, 0.4) is 0 Å². The summed E-state index contributed by atoms with van der Waals surface area (Å²) in [5.74, 6) is 0. The number of ether oxygens (including phenoxy) is 1. The standard InChI is InChI=1S/C8H13BrF2O/c1-7(5-9)3-4-8(2,12-7)6(10)11/h6H,3-5H2,1-2H3. The molecule has 0 aromatic rings. The van der Waals surface area contributed by atoms with E-state index in [-0.39, 0.29) is 0 Å². The second-order valence-electron chi connectivity index (χ2n) is 3.80. The highest BCUT2D eigenvalue weighted by Gasteiger charge is 2.48. The van der Waals surface area contributed by atoms with Gasteiger partial charge in [0, 0.05) is 5.33 Å². The third-order valence-corrected chi connectivity index (χ3v) is 3.56. The zero-order chi connectivity index (χ0) is 9.41. The molecule has 0 N–H and O–H groups in total. The molecule has 4 heteroatoms. The number of halogens is 3. The first-order valence-corrected chi connectivity index (χ1v) is 5.08. The number of hydrogen-bond acceptors (Lipinski definition) is 1. The van der Waals surface area contributed by atoms with E-state index in [2.05, 4.69) is 15.9 Å². The molecular weight excluding hydrogens is 230 g/mol. The summed E-state index contributed by atoms with van der Waals surface area (Å²) in [6, 6.07) is 0. The molecule has 0 aliphatic carbocycles. The minimum absolute atomic E-state index is 0.412. The summed E-state index contributed by atoms with van der Waals surface area (Å²) in [5, 5.41) is 0.613. The largest absolute Gasteiger partial charge is 0.362 e. The van der Waals surface area contributed by atoms with Crippen LogP contribution in [0, 0.1) is 0 Å². The molecule has 0 bridgehead atoms. The van der Waals surface area contributed by atoms with Crippen LogP contribution in [0.5, 0.6) is 0 Å². The highest BCUT2D eigenvalue weighted by molar-refractivity contribution is 9.09. The molecule has 1 aliphatic rings. The molecule has 1 saturated heterocycles. The van der Waals surface area contributed by atoms with Crippen LogP contribution in [0.2, 0.25) is 0 Å². The molecule has 72 valence electrons. The second kappa shape index (κ2) is 3.22. The van der Waals surface area contributed by atoms with Gasteiger partial charge in [0.15, 0.2) is 0 Å². The fourth-order valence-electron chi connectivity index (χ4n) is 1.43. The molecule has 0 radical (unpaired) electrons. The Kier molecular flexibility index (Phi) is 2.78. The Morgan fingerprint density at radius 1 is 1.42 bits per heavy atom. The minimum Gasteiger partial charge on any atom is -0.362 e. The third-order valence-electron chi connectivity index (χ3n) is 2.37. The van der Waals surface area contributed by atoms with E-state index in [1.165, 1.54) is 6.92 Å². The van der Waals surface area contributed by atoms with Gasteiger partial charge in [0.1, 0.15) is 5.60 Å². The molecule has 0 spiro atoms. The summed E-state index contributed by atoms with van der Waals surface area (Å²) in [5.41, 5.74) is -1.65. The van der Waals surface area contributed by atoms with Gasteiger partial charge in [-0.25, -0.2) is 8.78 Å². The van der Waals surface area contributed by atoms with Crippen LogP contribution in [0.4, 0.5) is 8.78 Å². The summed E-state index contributed by atoms with van der Waals surface area (Å²) in [4.78, 5) is 0. The van der Waals surface area contributed by atoms with Gasteiger partial charge in [-0.1, -0.05) is 15.9 Å². The zero-order valence-corrected chi connectivity index (χ0v) is 8.83. The highest BCUT2D eigenvalue weighted by atomic mass is 79.9. The van der Waals surface area contributed by atoms with Crippen molar-refractivity contribution in [3.63, 3.8) is 0 Å². The Hall–Kier alpha value is 0.300. The SMILES string of the molecule is CC1(CBr)CCC(C)(C(F)F)O1. The maximum atomic E-state index is 12.5. The third kappa shape index (κ3) is 1.79. The van der Waals surface area contributed by atoms with Gasteiger partial charge < -0.3 is 4.74 Å². The van der Waals surface area contributed by atoms with Crippen molar-refractivity contribution >= 4 is 15.9 Å². The predicted molar refractivity (Wildman–Crippen MR) is 46.9 cm³/mol. The highest BCUT2D eigenvalue weighted by Crippen LogP contribution is 2.41. The Morgan fingerprint density at radius 2 is 2.00 bits per heavy atom. The lowest BCUT2D eigenvalue weighted by Crippen LogP contribution is -2.37. The topological polar surface area (TPSA) is 9.23 Å². The molecule has 2 atom stereocenters. The number of alkyl halides is 3. The molecule has 0 aromatic heterocycles. The van der Waals surface area contributed by atoms with Gasteiger partial charge in [-0.15, -0.1) is 0 Å². The van der Waals surface area contributed by atoms with Crippen molar-refractivity contribution in [1.29, 1.82) is 0 Å². The van der Waals surface area contributed by atoms with Crippen LogP contribution in [0.15, 0.2) is 0 Å². The molecule has 1 aliphatic heterocycles. The van der Waals surface area contributed by atoms with Gasteiger partial charge in [0.05, 0.1) is 5.60 Å². The van der Waals surface area contributed by atoms with Crippen molar-refractivity contribution in [3.05, 3.63) is 0 Å². The molecule has 12 heavy (non-hydrogen) atoms. The maximum absolute atomic E-state index is 12.5. The lowest BCUT2D eigenvalue weighted by Gasteiger charge is -2.28. The van der Waals surface area contributed by atoms with Crippen molar-refractivity contribution < 1.29 is 13.5 Å². The van der Waals surface area contributed by atoms with E-state index in [1.807, 2.05) is 6.92 Å². The van der Waals surface area contributed by atoms with Crippen LogP contribution in [0.25, 0.3) is 0 Å². The monoisotopic (exact) mass is 242 g/mol. The lowest BCUT2D eigenvalue weighted by atomic mass is 10.00. The molecule has 1 rings (SSSR count). The number of hydrogen-bond donors (Lipinski definition) is 0. The van der Waals surface area contributed by atoms with E-state index in [4.69, 9.17) is 4.74 Å². The van der Waals surface area contributed by atoms with Gasteiger partial charge >= 0.3 is 0 Å². The Bertz CT molecular complexity index is 176. The van der Waals surface area contributed by atoms with Crippen LogP contribution in [0.1, 0.15) is 26.7 Å². The molecule has 1 nitrogen and oxygen atoms in total. The van der Waals surface area contributed by atoms with E-state index in [0.29, 0.717) is 18.2 Å². The molecule has 2 unspecified atom stereocenters. The second-order valence-corrected chi connectivity index (χ2v) is 4.36. The van der Waals surface area contributed by atoms with Crippen molar-refractivity contribution in [2.45, 2.75) is 44.3 Å². The van der Waals surface area contributed by atoms with Crippen LogP contribution >= 0.6 is 15.9 Å². The molecule has 0 aromatic carbocycles. The molecule has 1 fully saturated rings. The lowest BCUT2D eigenvalue weighted by molar-refractivity contribution is -0.146. The van der Waals surface area contributed by atoms with E-state index < -0.39 is 17.6 Å². The van der Waals surface area contributed by atoms with Gasteiger partial charge in [-0.05, 0) is 26.7 Å². The smallest absolute Gasteiger partial charge is 0.266 e. The van der Waals surface area contributed by atoms with Gasteiger partial charge in [-0.2, -0.15) is 0 Å². The predicted octanol–water partition coefficient (Wildman–Crippen LogP) is 2.97. The number of rotatable bonds is 2. The maximum Gasteiger partial charge on any atom is 0.266 e. The fraction of sp³-hybridized carbons (Fsp3) is 1.00. The van der Waals surface area contributed by atoms with Crippen molar-refractivity contribution in [1.82, 2.24) is 0 Å². The van der Waals surface area contributed by atoms with Gasteiger partial charge in [-0.3, -0.25) is 0 Å². The fourth-order valence-corrected chi connectivity index (χ4v) is 1.82. The summed E-state index contributed by atoms with van der Waals surface area (Å²) < 4.78 is 30.3. The molecule has 0 amide bonds. The van der Waals surface area contributed by atoms with Crippen LogP contribution < -0.4 is 0 Å². The Labute approximate surface area is 79.6 Å². The molecular formula is C8H13BrF2O. The zero-order valence-electron chi connectivity index (χ0n) is 7.24. The molecule has 0 saturated carbocycles. The van der Waals surface area contributed by atoms with Gasteiger partial charge in [0.25, 0.3) is 6.43 Å². The van der Waals surface area contributed by atoms with Crippen molar-refractivity contribution in [3.8, 4) is 0 Å². The first-order chi connectivity index (χ1) is 5.42. The molecule has 1 heterocycles. The average molecular weight is 243 g/mol. The summed E-state index contributed by atoms with van der Waals surface area (Å²) in [7, 11) is 0. The Morgan fingerprint density at radius 3 is 2.25 bits per heavy atom. The van der Waals surface area contributed by atoms with Gasteiger partial charge in [0.2, 0.25) is 0 Å². The first-order valence-electron chi connectivity index (χ1n) is 3.96. The van der Waals surface area contributed by atoms with Crippen LogP contribution in [-0.4, -0.2) is 23.0 Å². The van der Waals surface area contributed by atoms with E-state index in [0.717, 1.165) is 0 Å². The summed E-state index contributed by atoms with van der Waals surface area (Å²) in [6.45, 7) is 3.33. The van der Waals surface area contributed by atoms with Crippen molar-refractivity contribution in [2.24, 2.45) is 0 Å². The summed E-state index contributed by atoms with van der Waals surface area (Å²) >= 11 is 3.26. The minimum atomic E-state index is -2.39. The normalized spacial score (nSPS) is 42.5. The van der Waals surface area contributed by atoms with Crippen molar-refractivity contribution in [2.75, 3.05) is 5.33 Å².